The largest absolute Gasteiger partial charge is 0.418 e. The highest BCUT2D eigenvalue weighted by Gasteiger charge is 2.33. The number of benzene rings is 1. The van der Waals surface area contributed by atoms with Gasteiger partial charge in [-0.2, -0.15) is 18.3 Å². The maximum atomic E-state index is 12.7. The van der Waals surface area contributed by atoms with Crippen LogP contribution in [0, 0.1) is 6.92 Å². The number of rotatable bonds is 2. The van der Waals surface area contributed by atoms with Crippen LogP contribution in [0.5, 0.6) is 0 Å². The van der Waals surface area contributed by atoms with Crippen molar-refractivity contribution in [2.45, 2.75) is 13.1 Å². The third-order valence-electron chi connectivity index (χ3n) is 2.65. The Morgan fingerprint density at radius 2 is 2.00 bits per heavy atom. The zero-order valence-corrected chi connectivity index (χ0v) is 10.4. The molecular weight excluding hydrogens is 257 g/mol. The van der Waals surface area contributed by atoms with Gasteiger partial charge in [-0.15, -0.1) is 0 Å². The fourth-order valence-corrected chi connectivity index (χ4v) is 1.76. The minimum atomic E-state index is -4.47. The van der Waals surface area contributed by atoms with E-state index in [1.807, 2.05) is 0 Å². The average molecular weight is 270 g/mol. The summed E-state index contributed by atoms with van der Waals surface area (Å²) >= 11 is 0. The molecule has 3 N–H and O–H groups in total. The number of hydrogen-bond donors (Lipinski definition) is 2. The first-order chi connectivity index (χ1) is 8.77. The van der Waals surface area contributed by atoms with Gasteiger partial charge in [0, 0.05) is 24.6 Å². The topological polar surface area (TPSA) is 55.9 Å². The van der Waals surface area contributed by atoms with E-state index in [0.717, 1.165) is 6.07 Å². The van der Waals surface area contributed by atoms with Crippen molar-refractivity contribution in [3.8, 4) is 0 Å². The molecule has 1 aromatic heterocycles. The number of nitrogen functional groups attached to an aromatic ring is 1. The number of hydrogen-bond acceptors (Lipinski definition) is 3. The number of halogens is 3. The minimum Gasteiger partial charge on any atom is -0.398 e. The Kier molecular flexibility index (Phi) is 3.13. The molecule has 19 heavy (non-hydrogen) atoms. The van der Waals surface area contributed by atoms with Gasteiger partial charge in [0.15, 0.2) is 0 Å². The third kappa shape index (κ3) is 2.81. The molecule has 0 saturated heterocycles. The van der Waals surface area contributed by atoms with Crippen LogP contribution in [0.2, 0.25) is 0 Å². The summed E-state index contributed by atoms with van der Waals surface area (Å²) in [6.45, 7) is 1.77. The van der Waals surface area contributed by atoms with Gasteiger partial charge in [-0.25, -0.2) is 0 Å². The number of nitrogens with two attached hydrogens (primary N) is 1. The van der Waals surface area contributed by atoms with Gasteiger partial charge in [0.25, 0.3) is 0 Å². The van der Waals surface area contributed by atoms with Gasteiger partial charge in [-0.3, -0.25) is 4.68 Å². The summed E-state index contributed by atoms with van der Waals surface area (Å²) in [7, 11) is 1.74. The van der Waals surface area contributed by atoms with Crippen LogP contribution in [0.4, 0.5) is 30.2 Å². The molecule has 0 bridgehead atoms. The van der Waals surface area contributed by atoms with Crippen molar-refractivity contribution >= 4 is 17.1 Å². The van der Waals surface area contributed by atoms with Crippen molar-refractivity contribution in [2.75, 3.05) is 11.1 Å². The number of nitrogens with zero attached hydrogens (tertiary/aromatic N) is 2. The molecule has 0 saturated carbocycles. The Hall–Kier alpha value is -2.18. The molecule has 0 aliphatic rings. The van der Waals surface area contributed by atoms with Crippen LogP contribution in [0.3, 0.4) is 0 Å². The van der Waals surface area contributed by atoms with Crippen molar-refractivity contribution in [3.63, 3.8) is 0 Å². The lowest BCUT2D eigenvalue weighted by atomic mass is 10.1. The first kappa shape index (κ1) is 13.3. The summed E-state index contributed by atoms with van der Waals surface area (Å²) in [5, 5.41) is 7.00. The summed E-state index contributed by atoms with van der Waals surface area (Å²) in [4.78, 5) is 0. The van der Waals surface area contributed by atoms with E-state index in [1.165, 1.54) is 12.1 Å². The molecule has 0 atom stereocenters. The van der Waals surface area contributed by atoms with Crippen molar-refractivity contribution in [3.05, 3.63) is 35.7 Å². The minimum absolute atomic E-state index is 0.291. The summed E-state index contributed by atoms with van der Waals surface area (Å²) < 4.78 is 39.8. The van der Waals surface area contributed by atoms with Crippen LogP contribution in [0.15, 0.2) is 24.4 Å². The predicted octanol–water partition coefficient (Wildman–Crippen LogP) is 3.07. The van der Waals surface area contributed by atoms with E-state index in [4.69, 9.17) is 5.73 Å². The van der Waals surface area contributed by atoms with Crippen molar-refractivity contribution in [1.29, 1.82) is 0 Å². The first-order valence-corrected chi connectivity index (χ1v) is 5.51. The van der Waals surface area contributed by atoms with E-state index in [2.05, 4.69) is 10.4 Å². The van der Waals surface area contributed by atoms with Crippen LogP contribution in [-0.2, 0) is 13.2 Å². The maximum absolute atomic E-state index is 12.7. The Morgan fingerprint density at radius 3 is 2.53 bits per heavy atom. The normalized spacial score (nSPS) is 11.6. The van der Waals surface area contributed by atoms with E-state index in [9.17, 15) is 13.2 Å². The quantitative estimate of drug-likeness (QED) is 0.824. The molecule has 2 rings (SSSR count). The number of nitrogens with one attached hydrogen (secondary N) is 1. The zero-order chi connectivity index (χ0) is 14.2. The summed E-state index contributed by atoms with van der Waals surface area (Å²) in [5.41, 5.74) is 5.87. The second-order valence-corrected chi connectivity index (χ2v) is 4.23. The monoisotopic (exact) mass is 270 g/mol. The van der Waals surface area contributed by atoms with Gasteiger partial charge >= 0.3 is 6.18 Å². The lowest BCUT2D eigenvalue weighted by molar-refractivity contribution is -0.136. The summed E-state index contributed by atoms with van der Waals surface area (Å²) in [6, 6.07) is 3.72. The van der Waals surface area contributed by atoms with E-state index < -0.39 is 11.7 Å². The van der Waals surface area contributed by atoms with Crippen LogP contribution in [0.1, 0.15) is 11.3 Å². The summed E-state index contributed by atoms with van der Waals surface area (Å²) in [5.74, 6) is 0. The zero-order valence-electron chi connectivity index (χ0n) is 10.4. The highest BCUT2D eigenvalue weighted by molar-refractivity contribution is 5.65. The molecule has 0 spiro atoms. The summed E-state index contributed by atoms with van der Waals surface area (Å²) in [6.07, 6.45) is -2.77. The fourth-order valence-electron chi connectivity index (χ4n) is 1.76. The van der Waals surface area contributed by atoms with E-state index in [-0.39, 0.29) is 5.69 Å². The van der Waals surface area contributed by atoms with E-state index >= 15 is 0 Å². The number of aryl methyl sites for hydroxylation is 2. The van der Waals surface area contributed by atoms with Crippen molar-refractivity contribution < 1.29 is 13.2 Å². The third-order valence-corrected chi connectivity index (χ3v) is 2.65. The molecule has 0 radical (unpaired) electrons. The molecule has 0 aliphatic carbocycles. The second kappa shape index (κ2) is 4.49. The fraction of sp³-hybridized carbons (Fsp3) is 0.250. The molecule has 102 valence electrons. The number of anilines is 3. The Bertz CT molecular complexity index is 602. The van der Waals surface area contributed by atoms with E-state index in [1.54, 1.807) is 24.9 Å². The number of alkyl halides is 3. The Balaban J connectivity index is 2.34. The molecule has 1 aromatic carbocycles. The molecule has 1 heterocycles. The van der Waals surface area contributed by atoms with Gasteiger partial charge in [0.2, 0.25) is 0 Å². The van der Waals surface area contributed by atoms with Crippen molar-refractivity contribution in [2.24, 2.45) is 7.05 Å². The van der Waals surface area contributed by atoms with Crippen LogP contribution < -0.4 is 11.1 Å². The van der Waals surface area contributed by atoms with Gasteiger partial charge < -0.3 is 11.1 Å². The number of aromatic nitrogens is 2. The lowest BCUT2D eigenvalue weighted by Gasteiger charge is -2.12. The SMILES string of the molecule is Cc1nn(C)cc1Nc1ccc(N)c(C(F)(F)F)c1. The molecule has 7 heteroatoms. The van der Waals surface area contributed by atoms with Crippen LogP contribution in [0.25, 0.3) is 0 Å². The first-order valence-electron chi connectivity index (χ1n) is 5.51. The highest BCUT2D eigenvalue weighted by atomic mass is 19.4. The average Bonchev–Trinajstić information content (AvgIpc) is 2.58. The molecule has 0 fully saturated rings. The molecule has 0 aliphatic heterocycles. The maximum Gasteiger partial charge on any atom is 0.418 e. The van der Waals surface area contributed by atoms with Gasteiger partial charge in [0.1, 0.15) is 0 Å². The van der Waals surface area contributed by atoms with Gasteiger partial charge in [0.05, 0.1) is 16.9 Å². The Morgan fingerprint density at radius 1 is 1.32 bits per heavy atom. The lowest BCUT2D eigenvalue weighted by Crippen LogP contribution is -2.09. The van der Waals surface area contributed by atoms with Gasteiger partial charge in [-0.1, -0.05) is 0 Å². The van der Waals surface area contributed by atoms with Crippen LogP contribution >= 0.6 is 0 Å². The van der Waals surface area contributed by atoms with Gasteiger partial charge in [-0.05, 0) is 25.1 Å². The predicted molar refractivity (Wildman–Crippen MR) is 67.1 cm³/mol. The van der Waals surface area contributed by atoms with Crippen LogP contribution in [-0.4, -0.2) is 9.78 Å². The molecular formula is C12H13F3N4. The molecule has 0 unspecified atom stereocenters. The standard InChI is InChI=1S/C12H13F3N4/c1-7-11(6-19(2)18-7)17-8-3-4-10(16)9(5-8)12(13,14)15/h3-6,17H,16H2,1-2H3. The second-order valence-electron chi connectivity index (χ2n) is 4.23. The molecule has 2 aromatic rings. The highest BCUT2D eigenvalue weighted by Crippen LogP contribution is 2.35. The molecule has 4 nitrogen and oxygen atoms in total. The smallest absolute Gasteiger partial charge is 0.398 e. The molecule has 0 amide bonds. The van der Waals surface area contributed by atoms with Crippen molar-refractivity contribution in [1.82, 2.24) is 9.78 Å². The Labute approximate surface area is 108 Å². The van der Waals surface area contributed by atoms with E-state index in [0.29, 0.717) is 17.1 Å².